The first-order valence-electron chi connectivity index (χ1n) is 8.81. The fourth-order valence-electron chi connectivity index (χ4n) is 2.71. The average Bonchev–Trinajstić information content (AvgIpc) is 3.30. The molecule has 0 N–H and O–H groups in total. The average molecular weight is 385 g/mol. The minimum absolute atomic E-state index is 0.0225. The van der Waals surface area contributed by atoms with Crippen molar-refractivity contribution >= 4 is 17.2 Å². The predicted octanol–water partition coefficient (Wildman–Crippen LogP) is 3.88. The summed E-state index contributed by atoms with van der Waals surface area (Å²) in [6.45, 7) is 5.05. The molecular weight excluding hydrogens is 362 g/mol. The van der Waals surface area contributed by atoms with Gasteiger partial charge in [-0.2, -0.15) is 16.3 Å². The summed E-state index contributed by atoms with van der Waals surface area (Å²) < 4.78 is 11.0. The smallest absolute Gasteiger partial charge is 0.227 e. The molecule has 0 atom stereocenters. The lowest BCUT2D eigenvalue weighted by Crippen LogP contribution is -2.31. The molecule has 6 nitrogen and oxygen atoms in total. The third-order valence-corrected chi connectivity index (χ3v) is 4.80. The molecule has 3 aromatic rings. The molecule has 0 spiro atoms. The molecule has 0 bridgehead atoms. The molecule has 0 fully saturated rings. The van der Waals surface area contributed by atoms with Gasteiger partial charge in [-0.3, -0.25) is 4.79 Å². The molecule has 0 aliphatic rings. The van der Waals surface area contributed by atoms with E-state index in [0.717, 1.165) is 22.4 Å². The lowest BCUT2D eigenvalue weighted by molar-refractivity contribution is -0.130. The van der Waals surface area contributed by atoms with E-state index >= 15 is 0 Å². The number of carbonyl (C=O) groups excluding carboxylic acids is 1. The number of thiophene rings is 1. The van der Waals surface area contributed by atoms with Crippen LogP contribution in [0.1, 0.15) is 23.4 Å². The fraction of sp³-hybridized carbons (Fsp3) is 0.350. The number of hydrogen-bond donors (Lipinski definition) is 0. The Morgan fingerprint density at radius 2 is 2.04 bits per heavy atom. The van der Waals surface area contributed by atoms with Gasteiger partial charge in [-0.15, -0.1) is 0 Å². The van der Waals surface area contributed by atoms with Gasteiger partial charge in [-0.05, 0) is 48.6 Å². The van der Waals surface area contributed by atoms with Crippen molar-refractivity contribution < 1.29 is 14.1 Å². The first-order chi connectivity index (χ1) is 13.0. The highest BCUT2D eigenvalue weighted by molar-refractivity contribution is 7.08. The van der Waals surface area contributed by atoms with Crippen LogP contribution in [0.15, 0.2) is 39.5 Å². The summed E-state index contributed by atoms with van der Waals surface area (Å²) in [5.74, 6) is 1.90. The van der Waals surface area contributed by atoms with E-state index in [0.29, 0.717) is 37.7 Å². The van der Waals surface area contributed by atoms with Crippen molar-refractivity contribution in [2.75, 3.05) is 20.2 Å². The van der Waals surface area contributed by atoms with Crippen LogP contribution in [0.5, 0.6) is 5.75 Å². The van der Waals surface area contributed by atoms with Gasteiger partial charge in [0.15, 0.2) is 0 Å². The maximum Gasteiger partial charge on any atom is 0.227 e. The Balaban J connectivity index is 1.42. The molecule has 142 valence electrons. The second-order valence-electron chi connectivity index (χ2n) is 6.51. The van der Waals surface area contributed by atoms with E-state index < -0.39 is 0 Å². The maximum atomic E-state index is 12.3. The predicted molar refractivity (Wildman–Crippen MR) is 105 cm³/mol. The van der Waals surface area contributed by atoms with Gasteiger partial charge in [0.05, 0.1) is 6.54 Å². The summed E-state index contributed by atoms with van der Waals surface area (Å²) >= 11 is 1.58. The van der Waals surface area contributed by atoms with Crippen molar-refractivity contribution in [2.24, 2.45) is 0 Å². The molecule has 0 saturated heterocycles. The zero-order valence-electron chi connectivity index (χ0n) is 15.8. The number of aryl methyl sites for hydroxylation is 3. The van der Waals surface area contributed by atoms with Gasteiger partial charge < -0.3 is 14.2 Å². The third kappa shape index (κ3) is 5.40. The van der Waals surface area contributed by atoms with Crippen LogP contribution in [-0.2, 0) is 11.2 Å². The molecule has 7 heteroatoms. The zero-order chi connectivity index (χ0) is 19.2. The number of rotatable bonds is 8. The van der Waals surface area contributed by atoms with Gasteiger partial charge in [0.2, 0.25) is 17.6 Å². The minimum atomic E-state index is 0.0225. The molecule has 27 heavy (non-hydrogen) atoms. The molecule has 2 aromatic heterocycles. The Bertz CT molecular complexity index is 870. The Morgan fingerprint density at radius 1 is 1.26 bits per heavy atom. The quantitative estimate of drug-likeness (QED) is 0.588. The van der Waals surface area contributed by atoms with Crippen LogP contribution in [0.4, 0.5) is 0 Å². The Morgan fingerprint density at radius 3 is 2.74 bits per heavy atom. The Kier molecular flexibility index (Phi) is 6.24. The minimum Gasteiger partial charge on any atom is -0.492 e. The highest BCUT2D eigenvalue weighted by atomic mass is 32.1. The summed E-state index contributed by atoms with van der Waals surface area (Å²) in [5, 5.41) is 7.88. The number of nitrogens with zero attached hydrogens (tertiary/aromatic N) is 3. The van der Waals surface area contributed by atoms with E-state index in [1.165, 1.54) is 0 Å². The van der Waals surface area contributed by atoms with E-state index in [1.54, 1.807) is 23.3 Å². The number of amides is 1. The number of aromatic nitrogens is 2. The van der Waals surface area contributed by atoms with E-state index in [2.05, 4.69) is 16.2 Å². The van der Waals surface area contributed by atoms with Gasteiger partial charge in [0.25, 0.3) is 0 Å². The topological polar surface area (TPSA) is 68.5 Å². The normalized spacial score (nSPS) is 10.8. The third-order valence-electron chi connectivity index (χ3n) is 4.12. The van der Waals surface area contributed by atoms with E-state index in [1.807, 2.05) is 42.8 Å². The summed E-state index contributed by atoms with van der Waals surface area (Å²) in [4.78, 5) is 18.3. The number of likely N-dealkylation sites (N-methyl/N-ethyl adjacent to an activating group) is 1. The summed E-state index contributed by atoms with van der Waals surface area (Å²) in [6.07, 6.45) is 0.754. The van der Waals surface area contributed by atoms with E-state index in [-0.39, 0.29) is 5.91 Å². The number of benzene rings is 1. The van der Waals surface area contributed by atoms with Gasteiger partial charge in [0, 0.05) is 30.8 Å². The Labute approximate surface area is 162 Å². The largest absolute Gasteiger partial charge is 0.492 e. The van der Waals surface area contributed by atoms with Crippen molar-refractivity contribution in [3.05, 3.63) is 52.0 Å². The van der Waals surface area contributed by atoms with Crippen molar-refractivity contribution in [1.82, 2.24) is 15.0 Å². The molecule has 1 aromatic carbocycles. The van der Waals surface area contributed by atoms with Gasteiger partial charge >= 0.3 is 0 Å². The monoisotopic (exact) mass is 385 g/mol. The molecule has 0 aliphatic carbocycles. The molecule has 1 amide bonds. The highest BCUT2D eigenvalue weighted by Gasteiger charge is 2.13. The SMILES string of the molecule is Cc1cc(C)cc(OCCN(C)C(=O)CCc2nc(-c3ccsc3)no2)c1. The summed E-state index contributed by atoms with van der Waals surface area (Å²) in [7, 11) is 1.78. The van der Waals surface area contributed by atoms with Gasteiger partial charge in [-0.25, -0.2) is 0 Å². The second kappa shape index (κ2) is 8.81. The molecule has 0 radical (unpaired) electrons. The number of hydrogen-bond acceptors (Lipinski definition) is 6. The van der Waals surface area contributed by atoms with Crippen molar-refractivity contribution in [2.45, 2.75) is 26.7 Å². The second-order valence-corrected chi connectivity index (χ2v) is 7.29. The van der Waals surface area contributed by atoms with Crippen molar-refractivity contribution in [3.8, 4) is 17.1 Å². The van der Waals surface area contributed by atoms with E-state index in [4.69, 9.17) is 9.26 Å². The molecule has 0 aliphatic heterocycles. The number of ether oxygens (including phenoxy) is 1. The number of carbonyl (C=O) groups is 1. The van der Waals surface area contributed by atoms with Crippen LogP contribution in [-0.4, -0.2) is 41.1 Å². The van der Waals surface area contributed by atoms with Crippen LogP contribution in [0.25, 0.3) is 11.4 Å². The van der Waals surface area contributed by atoms with Crippen LogP contribution >= 0.6 is 11.3 Å². The Hall–Kier alpha value is -2.67. The van der Waals surface area contributed by atoms with E-state index in [9.17, 15) is 4.79 Å². The maximum absolute atomic E-state index is 12.3. The van der Waals surface area contributed by atoms with Crippen LogP contribution < -0.4 is 4.74 Å². The van der Waals surface area contributed by atoms with Crippen molar-refractivity contribution in [3.63, 3.8) is 0 Å². The summed E-state index contributed by atoms with van der Waals surface area (Å²) in [6, 6.07) is 8.03. The lowest BCUT2D eigenvalue weighted by Gasteiger charge is -2.17. The first-order valence-corrected chi connectivity index (χ1v) is 9.76. The van der Waals surface area contributed by atoms with Crippen LogP contribution in [0.3, 0.4) is 0 Å². The fourth-order valence-corrected chi connectivity index (χ4v) is 3.35. The van der Waals surface area contributed by atoms with Gasteiger partial charge in [0.1, 0.15) is 12.4 Å². The molecule has 0 unspecified atom stereocenters. The lowest BCUT2D eigenvalue weighted by atomic mass is 10.1. The molecule has 2 heterocycles. The van der Waals surface area contributed by atoms with Crippen molar-refractivity contribution in [1.29, 1.82) is 0 Å². The van der Waals surface area contributed by atoms with Gasteiger partial charge in [-0.1, -0.05) is 11.2 Å². The van der Waals surface area contributed by atoms with Crippen LogP contribution in [0, 0.1) is 13.8 Å². The zero-order valence-corrected chi connectivity index (χ0v) is 16.6. The molecule has 3 rings (SSSR count). The molecule has 0 saturated carbocycles. The highest BCUT2D eigenvalue weighted by Crippen LogP contribution is 2.19. The first kappa shape index (κ1) is 19.1. The van der Waals surface area contributed by atoms with Crippen LogP contribution in [0.2, 0.25) is 0 Å². The summed E-state index contributed by atoms with van der Waals surface area (Å²) in [5.41, 5.74) is 3.26. The molecular formula is C20H23N3O3S. The standard InChI is InChI=1S/C20H23N3O3S/c1-14-10-15(2)12-17(11-14)25-8-7-23(3)19(24)5-4-18-21-20(22-26-18)16-6-9-27-13-16/h6,9-13H,4-5,7-8H2,1-3H3.